The third kappa shape index (κ3) is 29.1. The van der Waals surface area contributed by atoms with Crippen molar-refractivity contribution >= 4 is 111 Å². The second-order valence-corrected chi connectivity index (χ2v) is 24.3. The fourth-order valence-electron chi connectivity index (χ4n) is 7.96. The molecule has 0 saturated heterocycles. The van der Waals surface area contributed by atoms with E-state index in [1.165, 1.54) is 46.2 Å². The van der Waals surface area contributed by atoms with Gasteiger partial charge in [-0.1, -0.05) is 36.4 Å². The second-order valence-electron chi connectivity index (χ2n) is 18.7. The van der Waals surface area contributed by atoms with Gasteiger partial charge in [0.25, 0.3) is 20.2 Å². The standard InChI is InChI=1S/C40H44N12O16S4.2C6H15NO3.2Na/c53-17-13-51(14-18-54)39-47-35(41-27-3-1-5-31(21-27)69(57,58)59)45-37(49-39)43-29-11-9-25(33(23-29)71(63,64)65)7-8-26-10-12-30(24-34(26)72(66,67)68)44-38-46-36(48-40(50-38)52(15-19-55)16-20-56)42-28-4-2-6-32(22-28)70(60,61)62;2*8-4-1-7(2-5-9)3-6-10;;/h1-12,21-24,53-56H,13-20H2,(H,57,58,59)(H,60,61,62)(H,63,64,65)(H,66,67,68)(H2,41,43,45,47,49)(H2,42,44,46,48,50);2*8-10H,1-6H2;;/q;;;2*+1/p-2. The van der Waals surface area contributed by atoms with Gasteiger partial charge in [-0.3, -0.25) is 18.9 Å². The quantitative estimate of drug-likeness (QED) is 0.00987. The van der Waals surface area contributed by atoms with E-state index in [4.69, 9.17) is 30.6 Å². The predicted molar refractivity (Wildman–Crippen MR) is 331 cm³/mol. The summed E-state index contributed by atoms with van der Waals surface area (Å²) in [6.45, 7) is 1.59. The van der Waals surface area contributed by atoms with Crippen molar-refractivity contribution in [3.8, 4) is 0 Å². The van der Waals surface area contributed by atoms with E-state index in [0.29, 0.717) is 39.3 Å². The van der Waals surface area contributed by atoms with Crippen molar-refractivity contribution in [1.29, 1.82) is 0 Å². The van der Waals surface area contributed by atoms with Crippen LogP contribution >= 0.6 is 0 Å². The Balaban J connectivity index is 0.00000118. The molecule has 0 amide bonds. The van der Waals surface area contributed by atoms with Crippen molar-refractivity contribution in [3.63, 3.8) is 0 Å². The van der Waals surface area contributed by atoms with Gasteiger partial charge in [0.15, 0.2) is 0 Å². The molecule has 42 heteroatoms. The van der Waals surface area contributed by atoms with E-state index < -0.39 is 86.5 Å². The summed E-state index contributed by atoms with van der Waals surface area (Å²) in [4.78, 5) is 29.3. The molecule has 94 heavy (non-hydrogen) atoms. The van der Waals surface area contributed by atoms with Crippen molar-refractivity contribution in [1.82, 2.24) is 39.7 Å². The minimum absolute atomic E-state index is 0. The molecule has 0 aliphatic heterocycles. The van der Waals surface area contributed by atoms with Gasteiger partial charge in [-0.2, -0.15) is 46.7 Å². The fraction of sp³-hybridized carbons (Fsp3) is 0.385. The Labute approximate surface area is 586 Å². The number of anilines is 10. The normalized spacial score (nSPS) is 11.6. The predicted octanol–water partition coefficient (Wildman–Crippen LogP) is -8.38. The Hall–Kier alpha value is -5.40. The molecule has 0 aliphatic rings. The summed E-state index contributed by atoms with van der Waals surface area (Å²) in [5.74, 6) is -1.30. The Bertz CT molecular complexity index is 3520. The van der Waals surface area contributed by atoms with Crippen LogP contribution in [0.15, 0.2) is 105 Å². The molecule has 16 N–H and O–H groups in total. The zero-order chi connectivity index (χ0) is 68.1. The van der Waals surface area contributed by atoms with Crippen LogP contribution in [0.4, 0.5) is 58.4 Å². The summed E-state index contributed by atoms with van der Waals surface area (Å²) >= 11 is 0. The largest absolute Gasteiger partial charge is 1.00 e. The first kappa shape index (κ1) is 84.7. The van der Waals surface area contributed by atoms with Gasteiger partial charge in [0, 0.05) is 88.2 Å². The molecule has 0 bridgehead atoms. The summed E-state index contributed by atoms with van der Waals surface area (Å²) in [6, 6.07) is 16.6. The Kier molecular flexibility index (Phi) is 38.1. The summed E-state index contributed by atoms with van der Waals surface area (Å²) < 4.78 is 142. The number of benzene rings is 4. The average Bonchev–Trinajstić information content (AvgIpc) is 0.813. The molecule has 2 aromatic heterocycles. The maximum Gasteiger partial charge on any atom is 1.00 e. The second kappa shape index (κ2) is 42.3. The van der Waals surface area contributed by atoms with E-state index in [0.717, 1.165) is 60.7 Å². The SMILES string of the molecule is O=S(=O)([O-])c1cc(Nc2nc(Nc3cccc(S(=O)(=O)O)c3)nc(N(CCO)CCO)n2)ccc1C=Cc1ccc(Nc2nc(Nc3cccc(S(=O)(=O)O)c3)nc(N(CCO)CCO)n2)cc1S(=O)(=O)[O-].OCCN(CCO)CCO.OCCN(CCO)CCO.[Na+].[Na+]. The molecule has 508 valence electrons. The monoisotopic (exact) mass is 1420 g/mol. The van der Waals surface area contributed by atoms with E-state index in [-0.39, 0.29) is 195 Å². The van der Waals surface area contributed by atoms with Crippen molar-refractivity contribution in [2.45, 2.75) is 19.6 Å². The molecule has 0 radical (unpaired) electrons. The van der Waals surface area contributed by atoms with E-state index in [9.17, 15) is 72.3 Å². The smallest absolute Gasteiger partial charge is 0.744 e. The van der Waals surface area contributed by atoms with E-state index in [2.05, 4.69) is 51.2 Å². The van der Waals surface area contributed by atoms with Gasteiger partial charge in [-0.15, -0.1) is 0 Å². The third-order valence-corrected chi connectivity index (χ3v) is 15.6. The van der Waals surface area contributed by atoms with Crippen LogP contribution < -0.4 is 90.2 Å². The topological polar surface area (TPSA) is 564 Å². The number of aliphatic hydroxyl groups excluding tert-OH is 10. The van der Waals surface area contributed by atoms with Crippen LogP contribution in [0, 0.1) is 0 Å². The van der Waals surface area contributed by atoms with Crippen LogP contribution in [-0.2, 0) is 40.5 Å². The molecular formula is C52H72N14Na2O22S4. The minimum atomic E-state index is -5.31. The molecule has 6 rings (SSSR count). The van der Waals surface area contributed by atoms with Gasteiger partial charge in [0.2, 0.25) is 35.7 Å². The average molecular weight is 1420 g/mol. The van der Waals surface area contributed by atoms with Crippen LogP contribution in [0.5, 0.6) is 0 Å². The maximum atomic E-state index is 12.7. The van der Waals surface area contributed by atoms with Crippen molar-refractivity contribution in [2.75, 3.05) is 163 Å². The summed E-state index contributed by atoms with van der Waals surface area (Å²) in [5, 5.41) is 100. The van der Waals surface area contributed by atoms with Gasteiger partial charge < -0.3 is 91.2 Å². The summed E-state index contributed by atoms with van der Waals surface area (Å²) in [5.41, 5.74) is -0.534. The van der Waals surface area contributed by atoms with Gasteiger partial charge in [0.1, 0.15) is 20.2 Å². The molecule has 0 spiro atoms. The molecule has 0 aliphatic carbocycles. The zero-order valence-corrected chi connectivity index (χ0v) is 58.2. The maximum absolute atomic E-state index is 12.7. The van der Waals surface area contributed by atoms with Gasteiger partial charge in [-0.05, 0) is 71.8 Å². The summed E-state index contributed by atoms with van der Waals surface area (Å²) in [6.07, 6.45) is 2.11. The van der Waals surface area contributed by atoms with Crippen molar-refractivity contribution < 1.29 is 162 Å². The van der Waals surface area contributed by atoms with Gasteiger partial charge >= 0.3 is 59.1 Å². The number of nitrogens with zero attached hydrogens (tertiary/aromatic N) is 10. The minimum Gasteiger partial charge on any atom is -0.744 e. The zero-order valence-electron chi connectivity index (χ0n) is 50.9. The van der Waals surface area contributed by atoms with Crippen LogP contribution in [-0.4, -0.2) is 274 Å². The molecule has 0 saturated carbocycles. The number of hydrogen-bond acceptors (Lipinski definition) is 34. The molecule has 0 atom stereocenters. The first-order valence-electron chi connectivity index (χ1n) is 27.3. The number of aromatic nitrogens is 6. The Morgan fingerprint density at radius 3 is 0.851 bits per heavy atom. The number of hydrogen-bond donors (Lipinski definition) is 16. The first-order chi connectivity index (χ1) is 43.7. The third-order valence-electron chi connectivity index (χ3n) is 12.1. The molecule has 2 heterocycles. The molecule has 36 nitrogen and oxygen atoms in total. The van der Waals surface area contributed by atoms with Crippen LogP contribution in [0.2, 0.25) is 0 Å². The molecule has 6 aromatic rings. The van der Waals surface area contributed by atoms with Gasteiger partial charge in [0.05, 0.1) is 85.7 Å². The van der Waals surface area contributed by atoms with Crippen LogP contribution in [0.25, 0.3) is 12.2 Å². The van der Waals surface area contributed by atoms with E-state index >= 15 is 0 Å². The Morgan fingerprint density at radius 1 is 0.362 bits per heavy atom. The Morgan fingerprint density at radius 2 is 0.617 bits per heavy atom. The first-order valence-corrected chi connectivity index (χ1v) is 33.0. The van der Waals surface area contributed by atoms with E-state index in [1.54, 1.807) is 9.80 Å². The van der Waals surface area contributed by atoms with Crippen LogP contribution in [0.1, 0.15) is 11.1 Å². The van der Waals surface area contributed by atoms with E-state index in [1.807, 2.05) is 0 Å². The fourth-order valence-corrected chi connectivity index (χ4v) is 10.4. The van der Waals surface area contributed by atoms with Gasteiger partial charge in [-0.25, -0.2) is 16.8 Å². The van der Waals surface area contributed by atoms with Crippen LogP contribution in [0.3, 0.4) is 0 Å². The number of rotatable bonds is 36. The number of aliphatic hydroxyl groups is 10. The summed E-state index contributed by atoms with van der Waals surface area (Å²) in [7, 11) is -19.8. The van der Waals surface area contributed by atoms with Crippen molar-refractivity contribution in [2.24, 2.45) is 0 Å². The molecule has 4 aromatic carbocycles. The number of nitrogens with one attached hydrogen (secondary N) is 4. The molecular weight excluding hydrogens is 1350 g/mol. The molecule has 0 unspecified atom stereocenters. The van der Waals surface area contributed by atoms with Crippen molar-refractivity contribution in [3.05, 3.63) is 96.1 Å². The molecule has 0 fully saturated rings.